The highest BCUT2D eigenvalue weighted by Crippen LogP contribution is 2.20. The molecule has 1 N–H and O–H groups in total. The molecule has 0 heterocycles. The monoisotopic (exact) mass is 241 g/mol. The summed E-state index contributed by atoms with van der Waals surface area (Å²) in [5, 5.41) is 2.41. The molecule has 0 bridgehead atoms. The Morgan fingerprint density at radius 1 is 1.62 bits per heavy atom. The van der Waals surface area contributed by atoms with Crippen molar-refractivity contribution in [2.75, 3.05) is 13.2 Å². The van der Waals surface area contributed by atoms with Crippen molar-refractivity contribution >= 4 is 17.5 Å². The van der Waals surface area contributed by atoms with Crippen molar-refractivity contribution in [3.05, 3.63) is 29.0 Å². The fourth-order valence-electron chi connectivity index (χ4n) is 0.916. The second-order valence-corrected chi connectivity index (χ2v) is 3.25. The topological polar surface area (TPSA) is 38.3 Å². The number of benzene rings is 1. The molecule has 5 heteroatoms. The molecule has 3 nitrogen and oxygen atoms in total. The molecule has 84 valence electrons. The molecule has 0 aromatic heterocycles. The first-order valence-corrected chi connectivity index (χ1v) is 4.79. The van der Waals surface area contributed by atoms with E-state index in [1.807, 2.05) is 0 Å². The Labute approximate surface area is 97.5 Å². The smallest absolute Gasteiger partial charge is 0.258 e. The fourth-order valence-corrected chi connectivity index (χ4v) is 1.03. The molecule has 0 fully saturated rings. The van der Waals surface area contributed by atoms with E-state index in [2.05, 4.69) is 11.2 Å². The molecule has 0 saturated heterocycles. The van der Waals surface area contributed by atoms with Gasteiger partial charge in [-0.1, -0.05) is 17.5 Å². The molecular weight excluding hydrogens is 233 g/mol. The first-order chi connectivity index (χ1) is 7.63. The van der Waals surface area contributed by atoms with Crippen LogP contribution in [0.4, 0.5) is 4.39 Å². The van der Waals surface area contributed by atoms with Crippen molar-refractivity contribution in [1.29, 1.82) is 0 Å². The van der Waals surface area contributed by atoms with Crippen molar-refractivity contribution < 1.29 is 13.9 Å². The summed E-state index contributed by atoms with van der Waals surface area (Å²) in [4.78, 5) is 11.1. The SMILES string of the molecule is C#CCNC(=O)COc1ccc(Cl)c(F)c1. The largest absolute Gasteiger partial charge is 0.484 e. The quantitative estimate of drug-likeness (QED) is 0.814. The minimum Gasteiger partial charge on any atom is -0.484 e. The zero-order valence-electron chi connectivity index (χ0n) is 8.30. The lowest BCUT2D eigenvalue weighted by Gasteiger charge is -2.06. The summed E-state index contributed by atoms with van der Waals surface area (Å²) in [6, 6.07) is 3.93. The van der Waals surface area contributed by atoms with Crippen LogP contribution in [-0.4, -0.2) is 19.1 Å². The molecule has 0 aliphatic rings. The van der Waals surface area contributed by atoms with Crippen LogP contribution in [0.1, 0.15) is 0 Å². The maximum Gasteiger partial charge on any atom is 0.258 e. The number of halogens is 2. The number of carbonyl (C=O) groups excluding carboxylic acids is 1. The van der Waals surface area contributed by atoms with Crippen LogP contribution in [0.15, 0.2) is 18.2 Å². The van der Waals surface area contributed by atoms with Crippen molar-refractivity contribution in [2.45, 2.75) is 0 Å². The van der Waals surface area contributed by atoms with Gasteiger partial charge >= 0.3 is 0 Å². The molecule has 1 amide bonds. The number of rotatable bonds is 4. The van der Waals surface area contributed by atoms with Crippen molar-refractivity contribution in [3.8, 4) is 18.1 Å². The summed E-state index contributed by atoms with van der Waals surface area (Å²) in [5.41, 5.74) is 0. The zero-order chi connectivity index (χ0) is 12.0. The Balaban J connectivity index is 2.46. The molecule has 1 aromatic carbocycles. The van der Waals surface area contributed by atoms with Crippen LogP contribution in [-0.2, 0) is 4.79 Å². The van der Waals surface area contributed by atoms with Crippen LogP contribution in [0.3, 0.4) is 0 Å². The highest BCUT2D eigenvalue weighted by molar-refractivity contribution is 6.30. The van der Waals surface area contributed by atoms with E-state index in [1.165, 1.54) is 12.1 Å². The zero-order valence-corrected chi connectivity index (χ0v) is 9.05. The number of hydrogen-bond donors (Lipinski definition) is 1. The van der Waals surface area contributed by atoms with Gasteiger partial charge in [-0.05, 0) is 12.1 Å². The number of terminal acetylenes is 1. The number of hydrogen-bond acceptors (Lipinski definition) is 2. The molecule has 0 atom stereocenters. The van der Waals surface area contributed by atoms with Gasteiger partial charge < -0.3 is 10.1 Å². The lowest BCUT2D eigenvalue weighted by atomic mass is 10.3. The van der Waals surface area contributed by atoms with E-state index >= 15 is 0 Å². The van der Waals surface area contributed by atoms with Crippen molar-refractivity contribution in [1.82, 2.24) is 5.32 Å². The number of amides is 1. The Kier molecular flexibility index (Phi) is 4.62. The second-order valence-electron chi connectivity index (χ2n) is 2.85. The van der Waals surface area contributed by atoms with Gasteiger partial charge in [0.1, 0.15) is 11.6 Å². The summed E-state index contributed by atoms with van der Waals surface area (Å²) >= 11 is 5.48. The highest BCUT2D eigenvalue weighted by Gasteiger charge is 2.04. The third-order valence-corrected chi connectivity index (χ3v) is 1.96. The van der Waals surface area contributed by atoms with E-state index in [1.54, 1.807) is 0 Å². The van der Waals surface area contributed by atoms with Gasteiger partial charge in [0.25, 0.3) is 5.91 Å². The molecule has 0 saturated carbocycles. The van der Waals surface area contributed by atoms with E-state index in [0.717, 1.165) is 6.07 Å². The standard InChI is InChI=1S/C11H9ClFNO2/c1-2-5-14-11(15)7-16-8-3-4-9(12)10(13)6-8/h1,3-4,6H,5,7H2,(H,14,15). The summed E-state index contributed by atoms with van der Waals surface area (Å²) in [7, 11) is 0. The van der Waals surface area contributed by atoms with E-state index < -0.39 is 5.82 Å². The van der Waals surface area contributed by atoms with E-state index in [9.17, 15) is 9.18 Å². The van der Waals surface area contributed by atoms with Crippen LogP contribution in [0, 0.1) is 18.2 Å². The molecule has 0 spiro atoms. The lowest BCUT2D eigenvalue weighted by molar-refractivity contribution is -0.122. The van der Waals surface area contributed by atoms with E-state index in [-0.39, 0.29) is 29.8 Å². The number of carbonyl (C=O) groups is 1. The second kappa shape index (κ2) is 5.99. The van der Waals surface area contributed by atoms with Gasteiger partial charge in [0.2, 0.25) is 0 Å². The van der Waals surface area contributed by atoms with Crippen LogP contribution >= 0.6 is 11.6 Å². The van der Waals surface area contributed by atoms with Crippen LogP contribution in [0.5, 0.6) is 5.75 Å². The molecule has 0 unspecified atom stereocenters. The summed E-state index contributed by atoms with van der Waals surface area (Å²) in [5.74, 6) is 1.52. The average Bonchev–Trinajstić information content (AvgIpc) is 2.28. The van der Waals surface area contributed by atoms with E-state index in [0.29, 0.717) is 0 Å². The summed E-state index contributed by atoms with van der Waals surface area (Å²) in [6.07, 6.45) is 4.95. The molecule has 0 radical (unpaired) electrons. The van der Waals surface area contributed by atoms with Gasteiger partial charge in [0.05, 0.1) is 11.6 Å². The third-order valence-electron chi connectivity index (χ3n) is 1.65. The molecule has 0 aliphatic carbocycles. The van der Waals surface area contributed by atoms with Gasteiger partial charge in [0.15, 0.2) is 6.61 Å². The molecule has 1 aromatic rings. The highest BCUT2D eigenvalue weighted by atomic mass is 35.5. The van der Waals surface area contributed by atoms with Crippen LogP contribution in [0.2, 0.25) is 5.02 Å². The van der Waals surface area contributed by atoms with Gasteiger partial charge in [-0.2, -0.15) is 0 Å². The normalized spacial score (nSPS) is 9.31. The maximum atomic E-state index is 13.0. The first kappa shape index (κ1) is 12.3. The van der Waals surface area contributed by atoms with E-state index in [4.69, 9.17) is 22.8 Å². The average molecular weight is 242 g/mol. The Morgan fingerprint density at radius 3 is 3.00 bits per heavy atom. The number of nitrogens with one attached hydrogen (secondary N) is 1. The Hall–Kier alpha value is -1.73. The van der Waals surface area contributed by atoms with Crippen molar-refractivity contribution in [3.63, 3.8) is 0 Å². The Morgan fingerprint density at radius 2 is 2.38 bits per heavy atom. The third kappa shape index (κ3) is 3.79. The fraction of sp³-hybridized carbons (Fsp3) is 0.182. The predicted octanol–water partition coefficient (Wildman–Crippen LogP) is 1.61. The molecular formula is C11H9ClFNO2. The Bertz CT molecular complexity index is 428. The van der Waals surface area contributed by atoms with Gasteiger partial charge in [-0.3, -0.25) is 4.79 Å². The molecule has 1 rings (SSSR count). The summed E-state index contributed by atoms with van der Waals surface area (Å²) in [6.45, 7) is -0.0834. The summed E-state index contributed by atoms with van der Waals surface area (Å²) < 4.78 is 18.0. The maximum absolute atomic E-state index is 13.0. The van der Waals surface area contributed by atoms with Gasteiger partial charge in [-0.25, -0.2) is 4.39 Å². The van der Waals surface area contributed by atoms with Gasteiger partial charge in [-0.15, -0.1) is 6.42 Å². The molecule has 0 aliphatic heterocycles. The van der Waals surface area contributed by atoms with Crippen LogP contribution in [0.25, 0.3) is 0 Å². The predicted molar refractivity (Wildman–Crippen MR) is 58.7 cm³/mol. The number of ether oxygens (including phenoxy) is 1. The van der Waals surface area contributed by atoms with Crippen LogP contribution < -0.4 is 10.1 Å². The molecule has 16 heavy (non-hydrogen) atoms. The van der Waals surface area contributed by atoms with Gasteiger partial charge in [0, 0.05) is 6.07 Å². The first-order valence-electron chi connectivity index (χ1n) is 4.41. The van der Waals surface area contributed by atoms with Crippen molar-refractivity contribution in [2.24, 2.45) is 0 Å². The minimum atomic E-state index is -0.594. The minimum absolute atomic E-state index is 0.00383. The lowest BCUT2D eigenvalue weighted by Crippen LogP contribution is -2.29.